The standard InChI is InChI=1S/C12H18N2O2S/c1-8-4-5-10(6-11(8)13)12(15)14-9(2)7-17(3)16/h4-6,9H,7,13H2,1-3H3,(H,14,15). The molecular formula is C12H18N2O2S. The summed E-state index contributed by atoms with van der Waals surface area (Å²) in [5.74, 6) is 0.266. The highest BCUT2D eigenvalue weighted by molar-refractivity contribution is 7.84. The summed E-state index contributed by atoms with van der Waals surface area (Å²) in [6.45, 7) is 3.72. The number of nitrogens with two attached hydrogens (primary N) is 1. The van der Waals surface area contributed by atoms with E-state index in [2.05, 4.69) is 5.32 Å². The quantitative estimate of drug-likeness (QED) is 0.790. The minimum absolute atomic E-state index is 0.115. The predicted molar refractivity (Wildman–Crippen MR) is 71.5 cm³/mol. The first-order chi connectivity index (χ1) is 7.90. The molecule has 0 aromatic heterocycles. The molecule has 0 aliphatic heterocycles. The Balaban J connectivity index is 2.70. The van der Waals surface area contributed by atoms with Gasteiger partial charge in [0.05, 0.1) is 0 Å². The maximum absolute atomic E-state index is 11.8. The number of hydrogen-bond acceptors (Lipinski definition) is 3. The van der Waals surface area contributed by atoms with Crippen molar-refractivity contribution in [2.24, 2.45) is 0 Å². The first-order valence-electron chi connectivity index (χ1n) is 5.37. The molecular weight excluding hydrogens is 236 g/mol. The number of amides is 1. The minimum Gasteiger partial charge on any atom is -0.398 e. The second-order valence-electron chi connectivity index (χ2n) is 4.19. The third-order valence-corrected chi connectivity index (χ3v) is 3.37. The van der Waals surface area contributed by atoms with Crippen LogP contribution in [0.3, 0.4) is 0 Å². The molecule has 1 rings (SSSR count). The van der Waals surface area contributed by atoms with Crippen molar-refractivity contribution in [2.45, 2.75) is 19.9 Å². The summed E-state index contributed by atoms with van der Waals surface area (Å²) in [6, 6.07) is 5.08. The molecule has 0 heterocycles. The van der Waals surface area contributed by atoms with Gasteiger partial charge in [-0.25, -0.2) is 0 Å². The lowest BCUT2D eigenvalue weighted by Crippen LogP contribution is -2.36. The number of anilines is 1. The van der Waals surface area contributed by atoms with Gasteiger partial charge in [0.2, 0.25) is 0 Å². The normalized spacial score (nSPS) is 14.1. The van der Waals surface area contributed by atoms with E-state index in [1.807, 2.05) is 19.9 Å². The van der Waals surface area contributed by atoms with Gasteiger partial charge in [-0.1, -0.05) is 6.07 Å². The highest BCUT2D eigenvalue weighted by Gasteiger charge is 2.11. The van der Waals surface area contributed by atoms with E-state index in [0.29, 0.717) is 17.0 Å². The predicted octanol–water partition coefficient (Wildman–Crippen LogP) is 1.07. The lowest BCUT2D eigenvalue weighted by atomic mass is 10.1. The van der Waals surface area contributed by atoms with Crippen LogP contribution < -0.4 is 11.1 Å². The maximum atomic E-state index is 11.8. The van der Waals surface area contributed by atoms with Gasteiger partial charge in [0.1, 0.15) is 0 Å². The molecule has 0 bridgehead atoms. The molecule has 0 spiro atoms. The van der Waals surface area contributed by atoms with Crippen molar-refractivity contribution in [3.63, 3.8) is 0 Å². The fourth-order valence-electron chi connectivity index (χ4n) is 1.48. The molecule has 0 radical (unpaired) electrons. The Bertz CT molecular complexity index is 446. The van der Waals surface area contributed by atoms with Crippen LogP contribution in [0, 0.1) is 6.92 Å². The Kier molecular flexibility index (Phi) is 4.69. The third kappa shape index (κ3) is 4.19. The van der Waals surface area contributed by atoms with Crippen molar-refractivity contribution in [1.82, 2.24) is 5.32 Å². The SMILES string of the molecule is Cc1ccc(C(=O)NC(C)CS(C)=O)cc1N. The van der Waals surface area contributed by atoms with Gasteiger partial charge >= 0.3 is 0 Å². The second-order valence-corrected chi connectivity index (χ2v) is 5.67. The summed E-state index contributed by atoms with van der Waals surface area (Å²) in [6.07, 6.45) is 1.62. The summed E-state index contributed by atoms with van der Waals surface area (Å²) in [5.41, 5.74) is 7.82. The van der Waals surface area contributed by atoms with E-state index in [1.165, 1.54) is 0 Å². The number of benzene rings is 1. The molecule has 0 saturated heterocycles. The van der Waals surface area contributed by atoms with E-state index in [-0.39, 0.29) is 11.9 Å². The zero-order valence-electron chi connectivity index (χ0n) is 10.3. The van der Waals surface area contributed by atoms with Crippen LogP contribution in [0.2, 0.25) is 0 Å². The Morgan fingerprint density at radius 3 is 2.71 bits per heavy atom. The van der Waals surface area contributed by atoms with Crippen LogP contribution in [0.5, 0.6) is 0 Å². The first-order valence-corrected chi connectivity index (χ1v) is 7.10. The molecule has 94 valence electrons. The highest BCUT2D eigenvalue weighted by Crippen LogP contribution is 2.12. The van der Waals surface area contributed by atoms with E-state index >= 15 is 0 Å². The largest absolute Gasteiger partial charge is 0.398 e. The fraction of sp³-hybridized carbons (Fsp3) is 0.417. The molecule has 3 N–H and O–H groups in total. The Hall–Kier alpha value is -1.36. The third-order valence-electron chi connectivity index (χ3n) is 2.40. The molecule has 0 aliphatic rings. The van der Waals surface area contributed by atoms with Gasteiger partial charge < -0.3 is 11.1 Å². The second kappa shape index (κ2) is 5.82. The van der Waals surface area contributed by atoms with Gasteiger partial charge in [-0.05, 0) is 31.5 Å². The number of hydrogen-bond donors (Lipinski definition) is 2. The maximum Gasteiger partial charge on any atom is 0.251 e. The van der Waals surface area contributed by atoms with Crippen LogP contribution in [0.15, 0.2) is 18.2 Å². The molecule has 0 fully saturated rings. The number of carbonyl (C=O) groups excluding carboxylic acids is 1. The summed E-state index contributed by atoms with van der Waals surface area (Å²) in [4.78, 5) is 11.8. The molecule has 1 aromatic carbocycles. The summed E-state index contributed by atoms with van der Waals surface area (Å²) in [5, 5.41) is 2.79. The topological polar surface area (TPSA) is 72.2 Å². The Morgan fingerprint density at radius 1 is 1.53 bits per heavy atom. The van der Waals surface area contributed by atoms with E-state index < -0.39 is 10.8 Å². The first kappa shape index (κ1) is 13.7. The average Bonchev–Trinajstić information content (AvgIpc) is 2.20. The summed E-state index contributed by atoms with van der Waals surface area (Å²) < 4.78 is 11.0. The zero-order valence-corrected chi connectivity index (χ0v) is 11.1. The molecule has 0 aliphatic carbocycles. The lowest BCUT2D eigenvalue weighted by Gasteiger charge is -2.13. The molecule has 0 saturated carbocycles. The van der Waals surface area contributed by atoms with Crippen LogP contribution in [0.4, 0.5) is 5.69 Å². The van der Waals surface area contributed by atoms with Gasteiger partial charge in [0, 0.05) is 40.1 Å². The Morgan fingerprint density at radius 2 is 2.18 bits per heavy atom. The van der Waals surface area contributed by atoms with E-state index in [1.54, 1.807) is 18.4 Å². The molecule has 5 heteroatoms. The van der Waals surface area contributed by atoms with E-state index in [9.17, 15) is 9.00 Å². The highest BCUT2D eigenvalue weighted by atomic mass is 32.2. The van der Waals surface area contributed by atoms with Crippen LogP contribution in [0.1, 0.15) is 22.8 Å². The van der Waals surface area contributed by atoms with Crippen LogP contribution in [-0.2, 0) is 10.8 Å². The van der Waals surface area contributed by atoms with Crippen molar-refractivity contribution >= 4 is 22.4 Å². The number of carbonyl (C=O) groups is 1. The smallest absolute Gasteiger partial charge is 0.251 e. The number of aryl methyl sites for hydroxylation is 1. The van der Waals surface area contributed by atoms with Gasteiger partial charge in [0.15, 0.2) is 0 Å². The lowest BCUT2D eigenvalue weighted by molar-refractivity contribution is 0.0944. The van der Waals surface area contributed by atoms with Gasteiger partial charge in [0.25, 0.3) is 5.91 Å². The zero-order chi connectivity index (χ0) is 13.0. The number of nitrogens with one attached hydrogen (secondary N) is 1. The fourth-order valence-corrected chi connectivity index (χ4v) is 2.27. The number of rotatable bonds is 4. The molecule has 4 nitrogen and oxygen atoms in total. The van der Waals surface area contributed by atoms with Crippen molar-refractivity contribution in [1.29, 1.82) is 0 Å². The molecule has 1 aromatic rings. The van der Waals surface area contributed by atoms with Crippen LogP contribution >= 0.6 is 0 Å². The van der Waals surface area contributed by atoms with Gasteiger partial charge in [-0.2, -0.15) is 0 Å². The summed E-state index contributed by atoms with van der Waals surface area (Å²) >= 11 is 0. The van der Waals surface area contributed by atoms with Gasteiger partial charge in [-0.15, -0.1) is 0 Å². The van der Waals surface area contributed by atoms with Crippen molar-refractivity contribution in [3.8, 4) is 0 Å². The van der Waals surface area contributed by atoms with E-state index in [4.69, 9.17) is 5.73 Å². The summed E-state index contributed by atoms with van der Waals surface area (Å²) in [7, 11) is -0.916. The van der Waals surface area contributed by atoms with Crippen molar-refractivity contribution < 1.29 is 9.00 Å². The van der Waals surface area contributed by atoms with Crippen molar-refractivity contribution in [3.05, 3.63) is 29.3 Å². The molecule has 2 atom stereocenters. The van der Waals surface area contributed by atoms with Crippen LogP contribution in [-0.4, -0.2) is 28.2 Å². The van der Waals surface area contributed by atoms with Crippen LogP contribution in [0.25, 0.3) is 0 Å². The average molecular weight is 254 g/mol. The molecule has 2 unspecified atom stereocenters. The Labute approximate surface area is 104 Å². The minimum atomic E-state index is -0.916. The number of nitrogen functional groups attached to an aromatic ring is 1. The van der Waals surface area contributed by atoms with E-state index in [0.717, 1.165) is 5.56 Å². The van der Waals surface area contributed by atoms with Crippen molar-refractivity contribution in [2.75, 3.05) is 17.7 Å². The molecule has 17 heavy (non-hydrogen) atoms. The molecule has 1 amide bonds. The monoisotopic (exact) mass is 254 g/mol. The van der Waals surface area contributed by atoms with Gasteiger partial charge in [-0.3, -0.25) is 9.00 Å².